The van der Waals surface area contributed by atoms with Gasteiger partial charge in [-0.1, -0.05) is 20.8 Å². The number of hydrogen-bond acceptors (Lipinski definition) is 3. The third-order valence-electron chi connectivity index (χ3n) is 3.06. The van der Waals surface area contributed by atoms with E-state index in [1.54, 1.807) is 0 Å². The maximum atomic E-state index is 12.0. The van der Waals surface area contributed by atoms with Crippen LogP contribution in [0.5, 0.6) is 0 Å². The van der Waals surface area contributed by atoms with Gasteiger partial charge in [-0.05, 0) is 20.3 Å². The van der Waals surface area contributed by atoms with Crippen molar-refractivity contribution >= 4 is 40.0 Å². The Balaban J connectivity index is 0. The summed E-state index contributed by atoms with van der Waals surface area (Å²) in [4.78, 5) is 4.33. The average molecular weight is 434 g/mol. The number of aliphatic imine (C=N–C) groups is 1. The molecule has 0 aliphatic rings. The Morgan fingerprint density at radius 1 is 1.19 bits per heavy atom. The summed E-state index contributed by atoms with van der Waals surface area (Å²) in [5.41, 5.74) is 0. The molecule has 0 aromatic rings. The minimum absolute atomic E-state index is 0. The largest absolute Gasteiger partial charge is 0.357 e. The average Bonchev–Trinajstić information content (AvgIpc) is 2.39. The molecule has 1 unspecified atom stereocenters. The molecule has 0 saturated heterocycles. The molecule has 1 atom stereocenters. The fourth-order valence-corrected chi connectivity index (χ4v) is 3.04. The van der Waals surface area contributed by atoms with Gasteiger partial charge in [0.2, 0.25) is 10.0 Å². The van der Waals surface area contributed by atoms with Crippen molar-refractivity contribution < 1.29 is 8.42 Å². The van der Waals surface area contributed by atoms with Gasteiger partial charge in [-0.15, -0.1) is 24.0 Å². The van der Waals surface area contributed by atoms with Crippen molar-refractivity contribution in [1.82, 2.24) is 14.9 Å². The first-order valence-corrected chi connectivity index (χ1v) is 9.04. The van der Waals surface area contributed by atoms with Gasteiger partial charge in [0.05, 0.1) is 12.3 Å². The van der Waals surface area contributed by atoms with Gasteiger partial charge >= 0.3 is 0 Å². The lowest BCUT2D eigenvalue weighted by atomic mass is 10.3. The number of rotatable bonds is 9. The highest BCUT2D eigenvalue weighted by atomic mass is 127. The zero-order chi connectivity index (χ0) is 15.6. The van der Waals surface area contributed by atoms with E-state index >= 15 is 0 Å². The first kappa shape index (κ1) is 23.2. The number of hydrogen-bond donors (Lipinski definition) is 2. The van der Waals surface area contributed by atoms with Crippen LogP contribution in [-0.4, -0.2) is 56.7 Å². The van der Waals surface area contributed by atoms with Crippen LogP contribution < -0.4 is 10.6 Å². The van der Waals surface area contributed by atoms with Gasteiger partial charge in [0.15, 0.2) is 5.96 Å². The molecule has 0 aromatic heterocycles. The minimum Gasteiger partial charge on any atom is -0.357 e. The summed E-state index contributed by atoms with van der Waals surface area (Å²) in [6, 6.07) is 0.312. The summed E-state index contributed by atoms with van der Waals surface area (Å²) in [5.74, 6) is 0.725. The molecule has 0 aliphatic carbocycles. The van der Waals surface area contributed by atoms with Crippen LogP contribution in [0.2, 0.25) is 0 Å². The molecule has 0 spiro atoms. The molecule has 21 heavy (non-hydrogen) atoms. The second kappa shape index (κ2) is 12.5. The first-order chi connectivity index (χ1) is 9.41. The van der Waals surface area contributed by atoms with E-state index in [-0.39, 0.29) is 36.3 Å². The van der Waals surface area contributed by atoms with E-state index in [1.807, 2.05) is 20.8 Å². The molecule has 2 N–H and O–H groups in total. The fourth-order valence-electron chi connectivity index (χ4n) is 1.67. The lowest BCUT2D eigenvalue weighted by molar-refractivity contribution is 0.445. The van der Waals surface area contributed by atoms with Gasteiger partial charge in [0, 0.05) is 25.7 Å². The van der Waals surface area contributed by atoms with Crippen LogP contribution in [0.15, 0.2) is 4.99 Å². The second-order valence-electron chi connectivity index (χ2n) is 4.61. The van der Waals surface area contributed by atoms with Crippen molar-refractivity contribution in [3.8, 4) is 0 Å². The van der Waals surface area contributed by atoms with Gasteiger partial charge < -0.3 is 10.6 Å². The molecule has 0 bridgehead atoms. The Morgan fingerprint density at radius 3 is 2.19 bits per heavy atom. The molecular formula is C13H31IN4O2S. The molecule has 6 nitrogen and oxygen atoms in total. The van der Waals surface area contributed by atoms with Crippen LogP contribution in [-0.2, 0) is 10.0 Å². The summed E-state index contributed by atoms with van der Waals surface area (Å²) in [5, 5.41) is 6.36. The van der Waals surface area contributed by atoms with Crippen LogP contribution in [0.3, 0.4) is 0 Å². The molecule has 0 heterocycles. The number of nitrogens with zero attached hydrogens (tertiary/aromatic N) is 2. The smallest absolute Gasteiger partial charge is 0.215 e. The molecule has 0 aliphatic heterocycles. The summed E-state index contributed by atoms with van der Waals surface area (Å²) in [6.07, 6.45) is 0.988. The molecule has 0 amide bonds. The molecule has 0 fully saturated rings. The Bertz CT molecular complexity index is 384. The van der Waals surface area contributed by atoms with Gasteiger partial charge in [0.1, 0.15) is 0 Å². The summed E-state index contributed by atoms with van der Waals surface area (Å²) < 4.78 is 25.5. The molecule has 128 valence electrons. The number of halogens is 1. The van der Waals surface area contributed by atoms with Gasteiger partial charge in [-0.2, -0.15) is 0 Å². The van der Waals surface area contributed by atoms with E-state index in [1.165, 1.54) is 4.31 Å². The van der Waals surface area contributed by atoms with Crippen molar-refractivity contribution in [1.29, 1.82) is 0 Å². The van der Waals surface area contributed by atoms with E-state index in [2.05, 4.69) is 29.5 Å². The number of sulfonamides is 1. The van der Waals surface area contributed by atoms with Crippen molar-refractivity contribution in [3.05, 3.63) is 0 Å². The maximum absolute atomic E-state index is 12.0. The Morgan fingerprint density at radius 2 is 1.76 bits per heavy atom. The Labute approximate surface area is 147 Å². The van der Waals surface area contributed by atoms with E-state index < -0.39 is 10.0 Å². The van der Waals surface area contributed by atoms with Crippen molar-refractivity contribution in [2.24, 2.45) is 4.99 Å². The van der Waals surface area contributed by atoms with Gasteiger partial charge in [-0.25, -0.2) is 12.7 Å². The molecule has 0 radical (unpaired) electrons. The molecule has 0 aromatic carbocycles. The lowest BCUT2D eigenvalue weighted by Crippen LogP contribution is -2.42. The van der Waals surface area contributed by atoms with E-state index in [9.17, 15) is 8.42 Å². The third kappa shape index (κ3) is 9.51. The predicted molar refractivity (Wildman–Crippen MR) is 101 cm³/mol. The van der Waals surface area contributed by atoms with Crippen LogP contribution in [0.1, 0.15) is 41.0 Å². The van der Waals surface area contributed by atoms with Crippen LogP contribution >= 0.6 is 24.0 Å². The van der Waals surface area contributed by atoms with Crippen LogP contribution in [0, 0.1) is 0 Å². The molecule has 8 heteroatoms. The van der Waals surface area contributed by atoms with Crippen molar-refractivity contribution in [3.63, 3.8) is 0 Å². The number of guanidine groups is 1. The zero-order valence-electron chi connectivity index (χ0n) is 13.8. The van der Waals surface area contributed by atoms with E-state index in [0.717, 1.165) is 13.0 Å². The molecule has 0 saturated carbocycles. The van der Waals surface area contributed by atoms with Crippen LogP contribution in [0.25, 0.3) is 0 Å². The van der Waals surface area contributed by atoms with Crippen LogP contribution in [0.4, 0.5) is 0 Å². The topological polar surface area (TPSA) is 73.8 Å². The second-order valence-corrected chi connectivity index (χ2v) is 6.70. The Kier molecular flexibility index (Phi) is 13.7. The van der Waals surface area contributed by atoms with Crippen molar-refractivity contribution in [2.75, 3.05) is 31.9 Å². The third-order valence-corrected chi connectivity index (χ3v) is 5.06. The highest BCUT2D eigenvalue weighted by Gasteiger charge is 2.17. The number of nitrogens with one attached hydrogen (secondary N) is 2. The predicted octanol–water partition coefficient (Wildman–Crippen LogP) is 1.63. The quantitative estimate of drug-likeness (QED) is 0.329. The maximum Gasteiger partial charge on any atom is 0.215 e. The van der Waals surface area contributed by atoms with E-state index in [4.69, 9.17) is 0 Å². The van der Waals surface area contributed by atoms with Gasteiger partial charge in [0.25, 0.3) is 0 Å². The zero-order valence-corrected chi connectivity index (χ0v) is 17.0. The monoisotopic (exact) mass is 434 g/mol. The highest BCUT2D eigenvalue weighted by Crippen LogP contribution is 2.00. The standard InChI is InChI=1S/C13H30N4O2S.HI/c1-6-12(5)16-13(14-7-2)15-10-11-20(18,19)17(8-3)9-4;/h12H,6-11H2,1-5H3,(H2,14,15,16);1H. The fraction of sp³-hybridized carbons (Fsp3) is 0.923. The SMILES string of the molecule is CCNC(=NCCS(=O)(=O)N(CC)CC)NC(C)CC.I. The summed E-state index contributed by atoms with van der Waals surface area (Å²) in [7, 11) is -3.20. The van der Waals surface area contributed by atoms with Gasteiger partial charge in [-0.3, -0.25) is 4.99 Å². The normalized spacial score (nSPS) is 13.7. The summed E-state index contributed by atoms with van der Waals surface area (Å²) >= 11 is 0. The first-order valence-electron chi connectivity index (χ1n) is 7.43. The van der Waals surface area contributed by atoms with Crippen molar-refractivity contribution in [2.45, 2.75) is 47.1 Å². The molecule has 0 rings (SSSR count). The Hall–Kier alpha value is -0.0900. The lowest BCUT2D eigenvalue weighted by Gasteiger charge is -2.18. The summed E-state index contributed by atoms with van der Waals surface area (Å²) in [6.45, 7) is 11.9. The highest BCUT2D eigenvalue weighted by molar-refractivity contribution is 14.0. The van der Waals surface area contributed by atoms with E-state index in [0.29, 0.717) is 25.1 Å². The minimum atomic E-state index is -3.20. The molecular weight excluding hydrogens is 403 g/mol.